The highest BCUT2D eigenvalue weighted by molar-refractivity contribution is 7.85. The van der Waals surface area contributed by atoms with Crippen LogP contribution < -0.4 is 5.32 Å². The van der Waals surface area contributed by atoms with Gasteiger partial charge in [-0.1, -0.05) is 0 Å². The quantitative estimate of drug-likeness (QED) is 0.0567. The molecular weight excluding hydrogens is 999 g/mol. The Kier molecular flexibility index (Phi) is 17.7. The molecule has 1 amide bonds. The van der Waals surface area contributed by atoms with Crippen LogP contribution >= 0.6 is 0 Å². The third kappa shape index (κ3) is 14.4. The van der Waals surface area contributed by atoms with Crippen molar-refractivity contribution in [1.82, 2.24) is 5.32 Å². The van der Waals surface area contributed by atoms with Crippen molar-refractivity contribution in [2.75, 3.05) is 12.4 Å². The van der Waals surface area contributed by atoms with Crippen LogP contribution in [0.25, 0.3) is 0 Å². The third-order valence-electron chi connectivity index (χ3n) is 9.43. The first-order valence-corrected chi connectivity index (χ1v) is 23.2. The van der Waals surface area contributed by atoms with Gasteiger partial charge in [-0.05, 0) is 0 Å². The average Bonchev–Trinajstić information content (AvgIpc) is 3.13. The second kappa shape index (κ2) is 20.9. The molecule has 20 atom stereocenters. The van der Waals surface area contributed by atoms with Gasteiger partial charge in [0.05, 0.1) is 12.4 Å². The van der Waals surface area contributed by atoms with Gasteiger partial charge in [0, 0.05) is 12.8 Å². The fourth-order valence-electron chi connectivity index (χ4n) is 6.79. The Morgan fingerprint density at radius 3 is 1.54 bits per heavy atom. The largest absolute Gasteiger partial charge is 0.479 e. The predicted octanol–water partition coefficient (Wildman–Crippen LogP) is -9.84. The molecule has 0 bridgehead atoms. The number of amides is 1. The van der Waals surface area contributed by atoms with Crippen molar-refractivity contribution in [3.63, 3.8) is 0 Å². The summed E-state index contributed by atoms with van der Waals surface area (Å²) in [7, 11) is -22.3. The summed E-state index contributed by atoms with van der Waals surface area (Å²) in [5.41, 5.74) is 0. The van der Waals surface area contributed by atoms with Crippen LogP contribution in [0.5, 0.6) is 0 Å². The first kappa shape index (κ1) is 55.0. The first-order chi connectivity index (χ1) is 29.6. The molecule has 0 aliphatic carbocycles. The number of aliphatic hydroxyl groups excluding tert-OH is 7. The van der Waals surface area contributed by atoms with Gasteiger partial charge in [-0.2, -0.15) is 33.7 Å². The van der Waals surface area contributed by atoms with Crippen LogP contribution in [0.4, 0.5) is 0 Å². The van der Waals surface area contributed by atoms with Crippen LogP contribution in [0.15, 0.2) is 0 Å². The van der Waals surface area contributed by atoms with Crippen molar-refractivity contribution < 1.29 is 158 Å². The Bertz CT molecular complexity index is 2160. The lowest BCUT2D eigenvalue weighted by atomic mass is 9.92. The van der Waals surface area contributed by atoms with E-state index in [-0.39, 0.29) is 0 Å². The number of hydrogen-bond acceptors (Lipinski definition) is 28. The Balaban J connectivity index is 1.69. The molecule has 0 aromatic heterocycles. The molecule has 4 heterocycles. The number of ether oxygens (including phenoxy) is 7. The topological polar surface area (TPSA) is 555 Å². The van der Waals surface area contributed by atoms with Crippen LogP contribution in [0.3, 0.4) is 0 Å². The van der Waals surface area contributed by atoms with E-state index >= 15 is 0 Å². The third-order valence-corrected chi connectivity index (χ3v) is 11.6. The molecule has 0 aromatic carbocycles. The molecule has 4 aliphatic rings. The molecule has 4 rings (SSSR count). The van der Waals surface area contributed by atoms with Crippen molar-refractivity contribution in [2.45, 2.75) is 124 Å². The molecule has 0 aromatic rings. The summed E-state index contributed by atoms with van der Waals surface area (Å²) >= 11 is 0. The fourth-order valence-corrected chi connectivity index (χ4v) is 8.96. The van der Waals surface area contributed by atoms with Gasteiger partial charge in [0.25, 0.3) is 10.1 Å². The molecule has 4 saturated heterocycles. The molecule has 35 nitrogen and oxygen atoms in total. The summed E-state index contributed by atoms with van der Waals surface area (Å²) in [5, 5.41) is 97.2. The van der Waals surface area contributed by atoms with Crippen molar-refractivity contribution in [2.24, 2.45) is 5.92 Å². The predicted molar refractivity (Wildman–Crippen MR) is 187 cm³/mol. The lowest BCUT2D eigenvalue weighted by molar-refractivity contribution is -0.391. The van der Waals surface area contributed by atoms with Crippen molar-refractivity contribution in [1.29, 1.82) is 0 Å². The number of carboxylic acids is 2. The second-order valence-corrected chi connectivity index (χ2v) is 18.8. The zero-order valence-electron chi connectivity index (χ0n) is 32.0. The van der Waals surface area contributed by atoms with E-state index in [1.54, 1.807) is 0 Å². The van der Waals surface area contributed by atoms with Gasteiger partial charge in [-0.25, -0.2) is 22.1 Å². The van der Waals surface area contributed by atoms with E-state index in [2.05, 4.69) is 22.6 Å². The molecule has 4 aliphatic heterocycles. The molecule has 0 spiro atoms. The Morgan fingerprint density at radius 2 is 1.03 bits per heavy atom. The first-order valence-electron chi connectivity index (χ1n) is 17.5. The molecule has 0 saturated carbocycles. The van der Waals surface area contributed by atoms with Crippen LogP contribution in [0.1, 0.15) is 6.92 Å². The SMILES string of the molecule is CC(=O)N[C@H]1[C@@H](O[C@H]2[C@H](O)[C@@H](O)[C@H](O[C@H]3[C@H](CS(=O)(=O)O)[C@@H](OS(=O)(=O)O)[C@@H](O[C@H]4[C@H](O)[C@@H](OS(=O)(=O)O)C(O)O[C@H]4C(=O)O)O[C@@H]3O)O[C@@H]2C(=O)O)O[C@H](COS(=O)(=O)O)[C@@H](O)[C@@H]1O. The van der Waals surface area contributed by atoms with E-state index in [1.807, 2.05) is 0 Å². The number of carbonyl (C=O) groups excluding carboxylic acids is 1. The van der Waals surface area contributed by atoms with Crippen molar-refractivity contribution in [3.05, 3.63) is 0 Å². The molecule has 39 heteroatoms. The summed E-state index contributed by atoms with van der Waals surface area (Å²) in [6.45, 7) is -0.392. The van der Waals surface area contributed by atoms with Crippen molar-refractivity contribution >= 4 is 59.2 Å². The zero-order valence-corrected chi connectivity index (χ0v) is 35.2. The lowest BCUT2D eigenvalue weighted by Crippen LogP contribution is -2.69. The summed E-state index contributed by atoms with van der Waals surface area (Å²) in [6.07, 6.45) is -46.4. The normalized spacial score (nSPS) is 41.0. The number of nitrogens with one attached hydrogen (secondary N) is 1. The highest BCUT2D eigenvalue weighted by Gasteiger charge is 2.59. The highest BCUT2D eigenvalue weighted by Crippen LogP contribution is 2.38. The smallest absolute Gasteiger partial charge is 0.397 e. The van der Waals surface area contributed by atoms with Crippen LogP contribution in [0, 0.1) is 5.92 Å². The average molecular weight is 1040 g/mol. The lowest BCUT2D eigenvalue weighted by Gasteiger charge is -2.49. The van der Waals surface area contributed by atoms with E-state index in [1.165, 1.54) is 0 Å². The van der Waals surface area contributed by atoms with E-state index in [0.717, 1.165) is 6.92 Å². The molecule has 14 N–H and O–H groups in total. The van der Waals surface area contributed by atoms with E-state index in [9.17, 15) is 103 Å². The van der Waals surface area contributed by atoms with Gasteiger partial charge in [0.1, 0.15) is 67.1 Å². The number of hydrogen-bond donors (Lipinski definition) is 14. The van der Waals surface area contributed by atoms with Gasteiger partial charge in [0.2, 0.25) is 5.91 Å². The standard InChI is InChI=1S/C26H41NO34S4/c1-4(28)27-7-9(30)8(29)6(2-52-63(43,44)45)53-24(7)56-15-10(31)11(32)25(58-19(15)21(36)37)55-13-5(3-62(40,41)42)14(60-64(46,47)48)26(59-22(13)38)57-16-12(33)17(61-65(49,50)51)23(39)54-18(16)20(34)35/h5-19,22-26,29-33,38-39H,2-3H2,1H3,(H,27,28)(H,34,35)(H,36,37)(H,40,41,42)(H,43,44,45)(H,46,47,48)(H,49,50,51)/t5-,6+,7+,8+,9+,10+,11+,12-,13-,14+,15-,16-,17+,18+,19-,22-,23?,24+,25+,26-/m0/s1. The maximum atomic E-state index is 12.5. The molecule has 378 valence electrons. The summed E-state index contributed by atoms with van der Waals surface area (Å²) < 4.78 is 180. The van der Waals surface area contributed by atoms with Crippen molar-refractivity contribution in [3.8, 4) is 0 Å². The minimum atomic E-state index is -5.94. The minimum Gasteiger partial charge on any atom is -0.479 e. The Hall–Kier alpha value is -2.63. The minimum absolute atomic E-state index is 0.871. The summed E-state index contributed by atoms with van der Waals surface area (Å²) in [6, 6.07) is -1.92. The summed E-state index contributed by atoms with van der Waals surface area (Å²) in [4.78, 5) is 36.4. The van der Waals surface area contributed by atoms with Gasteiger partial charge in [0.15, 0.2) is 49.8 Å². The second-order valence-electron chi connectivity index (χ2n) is 14.1. The number of aliphatic carboxylic acids is 2. The Morgan fingerprint density at radius 1 is 0.538 bits per heavy atom. The van der Waals surface area contributed by atoms with E-state index in [4.69, 9.17) is 37.5 Å². The van der Waals surface area contributed by atoms with Crippen LogP contribution in [0.2, 0.25) is 0 Å². The van der Waals surface area contributed by atoms with Crippen LogP contribution in [-0.4, -0.2) is 245 Å². The number of carbonyl (C=O) groups is 3. The molecule has 0 radical (unpaired) electrons. The van der Waals surface area contributed by atoms with Gasteiger partial charge in [-0.3, -0.25) is 23.0 Å². The highest BCUT2D eigenvalue weighted by atomic mass is 32.3. The molecular formula is C26H41NO34S4. The van der Waals surface area contributed by atoms with Gasteiger partial charge in [-0.15, -0.1) is 0 Å². The maximum absolute atomic E-state index is 12.5. The zero-order chi connectivity index (χ0) is 49.5. The number of aliphatic hydroxyl groups is 7. The Labute approximate surface area is 363 Å². The maximum Gasteiger partial charge on any atom is 0.397 e. The summed E-state index contributed by atoms with van der Waals surface area (Å²) in [5.74, 6) is -9.75. The van der Waals surface area contributed by atoms with Crippen LogP contribution in [-0.2, 0) is 101 Å². The monoisotopic (exact) mass is 1040 g/mol. The number of rotatable bonds is 18. The molecule has 4 fully saturated rings. The number of carboxylic acid groups (broad SMARTS) is 2. The van der Waals surface area contributed by atoms with E-state index < -0.39 is 194 Å². The molecule has 1 unspecified atom stereocenters. The molecule has 65 heavy (non-hydrogen) atoms. The van der Waals surface area contributed by atoms with Gasteiger partial charge < -0.3 is 84.4 Å². The van der Waals surface area contributed by atoms with E-state index in [0.29, 0.717) is 0 Å². The fraction of sp³-hybridized carbons (Fsp3) is 0.885. The van der Waals surface area contributed by atoms with Gasteiger partial charge >= 0.3 is 43.1 Å².